The van der Waals surface area contributed by atoms with Crippen molar-refractivity contribution >= 4 is 23.8 Å². The normalized spacial score (nSPS) is 14.4. The molecule has 0 atom stereocenters. The zero-order chi connectivity index (χ0) is 16.1. The van der Waals surface area contributed by atoms with E-state index in [4.69, 9.17) is 0 Å². The molecule has 2 aromatic heterocycles. The fourth-order valence-electron chi connectivity index (χ4n) is 2.42. The predicted molar refractivity (Wildman–Crippen MR) is 86.3 cm³/mol. The predicted octanol–water partition coefficient (Wildman–Crippen LogP) is 1.01. The number of pyridine rings is 2. The van der Waals surface area contributed by atoms with E-state index in [2.05, 4.69) is 20.2 Å². The third kappa shape index (κ3) is 3.63. The van der Waals surface area contributed by atoms with Gasteiger partial charge in [-0.05, 0) is 24.3 Å². The van der Waals surface area contributed by atoms with Crippen molar-refractivity contribution in [2.75, 3.05) is 36.4 Å². The van der Waals surface area contributed by atoms with Crippen LogP contribution in [0.1, 0.15) is 10.4 Å². The molecule has 7 heteroatoms. The number of aromatic nitrogens is 2. The average Bonchev–Trinajstić information content (AvgIpc) is 2.63. The van der Waals surface area contributed by atoms with Gasteiger partial charge in [0.05, 0.1) is 17.4 Å². The first-order valence-corrected chi connectivity index (χ1v) is 7.38. The highest BCUT2D eigenvalue weighted by molar-refractivity contribution is 6.03. The van der Waals surface area contributed by atoms with E-state index in [0.717, 1.165) is 25.2 Å². The fourth-order valence-corrected chi connectivity index (χ4v) is 2.42. The molecule has 0 bridgehead atoms. The first-order chi connectivity index (χ1) is 11.3. The number of hydrogen-bond acceptors (Lipinski definition) is 5. The summed E-state index contributed by atoms with van der Waals surface area (Å²) in [5, 5.41) is 2.74. The molecule has 2 aromatic rings. The van der Waals surface area contributed by atoms with Crippen molar-refractivity contribution < 1.29 is 9.59 Å². The molecule has 1 saturated heterocycles. The molecule has 2 amide bonds. The van der Waals surface area contributed by atoms with Gasteiger partial charge in [-0.25, -0.2) is 4.98 Å². The van der Waals surface area contributed by atoms with Gasteiger partial charge in [0.2, 0.25) is 6.41 Å². The Morgan fingerprint density at radius 1 is 1.13 bits per heavy atom. The summed E-state index contributed by atoms with van der Waals surface area (Å²) < 4.78 is 0. The van der Waals surface area contributed by atoms with E-state index in [1.54, 1.807) is 35.5 Å². The van der Waals surface area contributed by atoms with Crippen LogP contribution in [0.4, 0.5) is 11.5 Å². The molecular formula is C16H17N5O2. The Hall–Kier alpha value is -2.96. The highest BCUT2D eigenvalue weighted by atomic mass is 16.1. The molecule has 0 unspecified atom stereocenters. The van der Waals surface area contributed by atoms with Crippen molar-refractivity contribution in [2.24, 2.45) is 0 Å². The standard InChI is InChI=1S/C16H17N5O2/c22-12-20-6-8-21(9-7-20)14-3-4-15(18-11-14)19-16(23)13-2-1-5-17-10-13/h1-5,10-12H,6-9H2,(H,18,19,23). The second-order valence-electron chi connectivity index (χ2n) is 5.23. The van der Waals surface area contributed by atoms with Crippen LogP contribution in [-0.4, -0.2) is 53.4 Å². The Bertz CT molecular complexity index is 667. The lowest BCUT2D eigenvalue weighted by Gasteiger charge is -2.33. The van der Waals surface area contributed by atoms with Gasteiger partial charge in [0, 0.05) is 38.6 Å². The van der Waals surface area contributed by atoms with E-state index < -0.39 is 0 Å². The summed E-state index contributed by atoms with van der Waals surface area (Å²) in [5.41, 5.74) is 1.47. The highest BCUT2D eigenvalue weighted by Gasteiger charge is 2.16. The van der Waals surface area contributed by atoms with Crippen LogP contribution in [0.5, 0.6) is 0 Å². The van der Waals surface area contributed by atoms with E-state index in [1.165, 1.54) is 6.20 Å². The van der Waals surface area contributed by atoms with E-state index in [-0.39, 0.29) is 5.91 Å². The molecule has 0 spiro atoms. The third-order valence-electron chi connectivity index (χ3n) is 3.74. The topological polar surface area (TPSA) is 78.4 Å². The van der Waals surface area contributed by atoms with E-state index in [9.17, 15) is 9.59 Å². The molecule has 0 saturated carbocycles. The molecule has 1 aliphatic heterocycles. The second kappa shape index (κ2) is 6.87. The number of carbonyl (C=O) groups excluding carboxylic acids is 2. The van der Waals surface area contributed by atoms with Crippen molar-refractivity contribution in [2.45, 2.75) is 0 Å². The summed E-state index contributed by atoms with van der Waals surface area (Å²) in [4.78, 5) is 34.9. The van der Waals surface area contributed by atoms with Crippen molar-refractivity contribution in [1.29, 1.82) is 0 Å². The SMILES string of the molecule is O=CN1CCN(c2ccc(NC(=O)c3cccnc3)nc2)CC1. The fraction of sp³-hybridized carbons (Fsp3) is 0.250. The molecule has 23 heavy (non-hydrogen) atoms. The van der Waals surface area contributed by atoms with Gasteiger partial charge in [0.25, 0.3) is 5.91 Å². The lowest BCUT2D eigenvalue weighted by molar-refractivity contribution is -0.118. The van der Waals surface area contributed by atoms with Crippen LogP contribution < -0.4 is 10.2 Å². The van der Waals surface area contributed by atoms with Crippen molar-refractivity contribution in [3.63, 3.8) is 0 Å². The number of nitrogens with zero attached hydrogens (tertiary/aromatic N) is 4. The van der Waals surface area contributed by atoms with E-state index in [1.807, 2.05) is 6.07 Å². The monoisotopic (exact) mass is 311 g/mol. The number of anilines is 2. The number of rotatable bonds is 4. The summed E-state index contributed by atoms with van der Waals surface area (Å²) in [6, 6.07) is 7.10. The zero-order valence-electron chi connectivity index (χ0n) is 12.6. The Morgan fingerprint density at radius 3 is 2.57 bits per heavy atom. The molecule has 0 radical (unpaired) electrons. The first kappa shape index (κ1) is 15.0. The molecule has 3 rings (SSSR count). The molecule has 7 nitrogen and oxygen atoms in total. The van der Waals surface area contributed by atoms with Crippen molar-refractivity contribution in [3.8, 4) is 0 Å². The smallest absolute Gasteiger partial charge is 0.258 e. The summed E-state index contributed by atoms with van der Waals surface area (Å²) in [7, 11) is 0. The molecule has 3 heterocycles. The number of nitrogens with one attached hydrogen (secondary N) is 1. The minimum atomic E-state index is -0.238. The molecule has 0 aliphatic carbocycles. The Balaban J connectivity index is 1.61. The minimum absolute atomic E-state index is 0.238. The lowest BCUT2D eigenvalue weighted by atomic mass is 10.2. The van der Waals surface area contributed by atoms with Gasteiger partial charge in [0.15, 0.2) is 0 Å². The van der Waals surface area contributed by atoms with Crippen molar-refractivity contribution in [3.05, 3.63) is 48.4 Å². The highest BCUT2D eigenvalue weighted by Crippen LogP contribution is 2.17. The van der Waals surface area contributed by atoms with Crippen LogP contribution in [0.2, 0.25) is 0 Å². The molecule has 1 N–H and O–H groups in total. The number of piperazine rings is 1. The number of carbonyl (C=O) groups is 2. The molecule has 118 valence electrons. The van der Waals surface area contributed by atoms with E-state index >= 15 is 0 Å². The largest absolute Gasteiger partial charge is 0.367 e. The van der Waals surface area contributed by atoms with Crippen LogP contribution in [0.15, 0.2) is 42.9 Å². The average molecular weight is 311 g/mol. The van der Waals surface area contributed by atoms with Gasteiger partial charge in [-0.3, -0.25) is 14.6 Å². The van der Waals surface area contributed by atoms with Gasteiger partial charge < -0.3 is 15.1 Å². The lowest BCUT2D eigenvalue weighted by Crippen LogP contribution is -2.45. The van der Waals surface area contributed by atoms with Crippen LogP contribution >= 0.6 is 0 Å². The van der Waals surface area contributed by atoms with Crippen molar-refractivity contribution in [1.82, 2.24) is 14.9 Å². The maximum absolute atomic E-state index is 12.0. The number of amides is 2. The van der Waals surface area contributed by atoms with Gasteiger partial charge in [-0.1, -0.05) is 0 Å². The number of hydrogen-bond donors (Lipinski definition) is 1. The summed E-state index contributed by atoms with van der Waals surface area (Å²) in [6.45, 7) is 2.98. The van der Waals surface area contributed by atoms with Crippen LogP contribution in [0.25, 0.3) is 0 Å². The van der Waals surface area contributed by atoms with Gasteiger partial charge in [0.1, 0.15) is 5.82 Å². The van der Waals surface area contributed by atoms with Gasteiger partial charge in [-0.2, -0.15) is 0 Å². The third-order valence-corrected chi connectivity index (χ3v) is 3.74. The summed E-state index contributed by atoms with van der Waals surface area (Å²) >= 11 is 0. The Labute approximate surface area is 134 Å². The maximum Gasteiger partial charge on any atom is 0.258 e. The summed E-state index contributed by atoms with van der Waals surface area (Å²) in [6.07, 6.45) is 5.74. The maximum atomic E-state index is 12.0. The van der Waals surface area contributed by atoms with Crippen LogP contribution in [-0.2, 0) is 4.79 Å². The molecule has 1 aliphatic rings. The molecule has 1 fully saturated rings. The van der Waals surface area contributed by atoms with Crippen LogP contribution in [0, 0.1) is 0 Å². The Kier molecular flexibility index (Phi) is 4.46. The van der Waals surface area contributed by atoms with Gasteiger partial charge >= 0.3 is 0 Å². The quantitative estimate of drug-likeness (QED) is 0.853. The summed E-state index contributed by atoms with van der Waals surface area (Å²) in [5.74, 6) is 0.257. The van der Waals surface area contributed by atoms with Crippen LogP contribution in [0.3, 0.4) is 0 Å². The van der Waals surface area contributed by atoms with Gasteiger partial charge in [-0.15, -0.1) is 0 Å². The minimum Gasteiger partial charge on any atom is -0.367 e. The first-order valence-electron chi connectivity index (χ1n) is 7.38. The Morgan fingerprint density at radius 2 is 1.96 bits per heavy atom. The molecular weight excluding hydrogens is 294 g/mol. The zero-order valence-corrected chi connectivity index (χ0v) is 12.6. The van der Waals surface area contributed by atoms with E-state index in [0.29, 0.717) is 24.5 Å². The second-order valence-corrected chi connectivity index (χ2v) is 5.23. The molecule has 0 aromatic carbocycles.